The van der Waals surface area contributed by atoms with E-state index in [9.17, 15) is 0 Å². The van der Waals surface area contributed by atoms with Crippen molar-refractivity contribution in [1.29, 1.82) is 0 Å². The minimum absolute atomic E-state index is 0.955. The molecule has 1 N–H and O–H groups in total. The maximum atomic E-state index is 4.63. The van der Waals surface area contributed by atoms with Gasteiger partial charge in [0.15, 0.2) is 0 Å². The van der Waals surface area contributed by atoms with Crippen LogP contribution < -0.4 is 10.2 Å². The number of hydrogen-bond acceptors (Lipinski definition) is 3. The highest BCUT2D eigenvalue weighted by Gasteiger charge is 2.17. The Balaban J connectivity index is 1.91. The number of aliphatic imine (C=N–C) groups is 1. The Morgan fingerprint density at radius 1 is 1.00 bits per heavy atom. The number of piperidine rings is 1. The fourth-order valence-electron chi connectivity index (χ4n) is 2.80. The summed E-state index contributed by atoms with van der Waals surface area (Å²) in [7, 11) is 0. The summed E-state index contributed by atoms with van der Waals surface area (Å²) < 4.78 is 0. The highest BCUT2D eigenvalue weighted by Crippen LogP contribution is 2.24. The van der Waals surface area contributed by atoms with Gasteiger partial charge in [-0.2, -0.15) is 0 Å². The second kappa shape index (κ2) is 5.42. The fraction of sp³-hybridized carbons (Fsp3) is 0.533. The number of nitrogens with one attached hydrogen (secondary N) is 1. The first-order valence-corrected chi connectivity index (χ1v) is 7.08. The van der Waals surface area contributed by atoms with Crippen LogP contribution >= 0.6 is 0 Å². The van der Waals surface area contributed by atoms with Crippen molar-refractivity contribution in [2.24, 2.45) is 4.99 Å². The number of rotatable bonds is 2. The molecule has 0 radical (unpaired) electrons. The fourth-order valence-corrected chi connectivity index (χ4v) is 2.80. The first kappa shape index (κ1) is 11.6. The second-order valence-electron chi connectivity index (χ2n) is 5.08. The van der Waals surface area contributed by atoms with E-state index >= 15 is 0 Å². The molecule has 2 heterocycles. The van der Waals surface area contributed by atoms with Crippen molar-refractivity contribution in [3.8, 4) is 0 Å². The Bertz CT molecular complexity index is 433. The zero-order valence-electron chi connectivity index (χ0n) is 10.9. The summed E-state index contributed by atoms with van der Waals surface area (Å²) in [4.78, 5) is 7.15. The van der Waals surface area contributed by atoms with E-state index in [2.05, 4.69) is 39.5 Å². The molecular weight excluding hydrogens is 222 g/mol. The van der Waals surface area contributed by atoms with Crippen molar-refractivity contribution in [3.05, 3.63) is 29.8 Å². The number of anilines is 1. The van der Waals surface area contributed by atoms with E-state index in [1.165, 1.54) is 43.6 Å². The average molecular weight is 243 g/mol. The lowest BCUT2D eigenvalue weighted by atomic mass is 10.1. The zero-order valence-corrected chi connectivity index (χ0v) is 10.9. The molecule has 0 bridgehead atoms. The van der Waals surface area contributed by atoms with Gasteiger partial charge < -0.3 is 10.2 Å². The Kier molecular flexibility index (Phi) is 3.49. The largest absolute Gasteiger partial charge is 0.371 e. The Hall–Kier alpha value is -1.51. The summed E-state index contributed by atoms with van der Waals surface area (Å²) >= 11 is 0. The van der Waals surface area contributed by atoms with Gasteiger partial charge in [-0.3, -0.25) is 4.99 Å². The Morgan fingerprint density at radius 3 is 2.61 bits per heavy atom. The molecule has 18 heavy (non-hydrogen) atoms. The second-order valence-corrected chi connectivity index (χ2v) is 5.08. The molecule has 96 valence electrons. The van der Waals surface area contributed by atoms with E-state index in [4.69, 9.17) is 0 Å². The number of para-hydroxylation sites is 1. The third-order valence-corrected chi connectivity index (χ3v) is 3.75. The third-order valence-electron chi connectivity index (χ3n) is 3.75. The normalized spacial score (nSPS) is 20.2. The van der Waals surface area contributed by atoms with E-state index in [0.717, 1.165) is 25.3 Å². The van der Waals surface area contributed by atoms with Crippen molar-refractivity contribution < 1.29 is 0 Å². The van der Waals surface area contributed by atoms with Crippen molar-refractivity contribution in [2.45, 2.75) is 25.7 Å². The van der Waals surface area contributed by atoms with Crippen LogP contribution in [0.5, 0.6) is 0 Å². The van der Waals surface area contributed by atoms with Gasteiger partial charge in [-0.1, -0.05) is 12.1 Å². The highest BCUT2D eigenvalue weighted by atomic mass is 15.1. The van der Waals surface area contributed by atoms with Crippen molar-refractivity contribution in [1.82, 2.24) is 5.32 Å². The molecule has 3 nitrogen and oxygen atoms in total. The van der Waals surface area contributed by atoms with Crippen molar-refractivity contribution in [2.75, 3.05) is 31.1 Å². The molecular formula is C15H21N3. The molecule has 0 aromatic heterocycles. The monoisotopic (exact) mass is 243 g/mol. The molecule has 0 atom stereocenters. The summed E-state index contributed by atoms with van der Waals surface area (Å²) in [6, 6.07) is 8.68. The number of hydrogen-bond donors (Lipinski definition) is 1. The van der Waals surface area contributed by atoms with Crippen LogP contribution in [0.25, 0.3) is 0 Å². The van der Waals surface area contributed by atoms with Gasteiger partial charge in [0.2, 0.25) is 0 Å². The van der Waals surface area contributed by atoms with E-state index in [1.54, 1.807) is 0 Å². The molecule has 2 aliphatic heterocycles. The highest BCUT2D eigenvalue weighted by molar-refractivity contribution is 6.03. The van der Waals surface area contributed by atoms with Crippen molar-refractivity contribution in [3.63, 3.8) is 0 Å². The first-order valence-electron chi connectivity index (χ1n) is 7.08. The molecule has 0 unspecified atom stereocenters. The lowest BCUT2D eigenvalue weighted by Gasteiger charge is -2.31. The van der Waals surface area contributed by atoms with Crippen LogP contribution in [0.4, 0.5) is 5.69 Å². The topological polar surface area (TPSA) is 27.6 Å². The van der Waals surface area contributed by atoms with Gasteiger partial charge in [0.25, 0.3) is 0 Å². The molecule has 1 fully saturated rings. The van der Waals surface area contributed by atoms with Gasteiger partial charge >= 0.3 is 0 Å². The Morgan fingerprint density at radius 2 is 1.83 bits per heavy atom. The lowest BCUT2D eigenvalue weighted by Crippen LogP contribution is -2.34. The number of benzene rings is 1. The molecule has 1 aromatic carbocycles. The summed E-state index contributed by atoms with van der Waals surface area (Å²) in [5.41, 5.74) is 2.63. The van der Waals surface area contributed by atoms with E-state index in [1.807, 2.05) is 0 Å². The summed E-state index contributed by atoms with van der Waals surface area (Å²) in [6.45, 7) is 4.37. The minimum atomic E-state index is 0.955. The molecule has 1 saturated heterocycles. The van der Waals surface area contributed by atoms with Gasteiger partial charge in [-0.15, -0.1) is 0 Å². The SMILES string of the molecule is c1ccc(N2CCCCC2)c(C2=NCCCN2)c1. The molecule has 3 heteroatoms. The standard InChI is InChI=1S/C15H21N3/c1-4-11-18(12-5-1)14-8-3-2-7-13(14)15-16-9-6-10-17-15/h2-3,7-8H,1,4-6,9-12H2,(H,16,17). The van der Waals surface area contributed by atoms with Gasteiger partial charge in [0.05, 0.1) is 0 Å². The predicted molar refractivity (Wildman–Crippen MR) is 76.5 cm³/mol. The van der Waals surface area contributed by atoms with Crippen LogP contribution in [0.2, 0.25) is 0 Å². The summed E-state index contributed by atoms with van der Waals surface area (Å²) in [5.74, 6) is 1.09. The lowest BCUT2D eigenvalue weighted by molar-refractivity contribution is 0.577. The molecule has 0 saturated carbocycles. The molecule has 0 aliphatic carbocycles. The maximum absolute atomic E-state index is 4.63. The number of nitrogens with zero attached hydrogens (tertiary/aromatic N) is 2. The van der Waals surface area contributed by atoms with Crippen LogP contribution in [0.15, 0.2) is 29.3 Å². The molecule has 3 rings (SSSR count). The number of amidine groups is 1. The molecule has 1 aromatic rings. The zero-order chi connectivity index (χ0) is 12.2. The smallest absolute Gasteiger partial charge is 0.130 e. The minimum Gasteiger partial charge on any atom is -0.371 e. The molecule has 2 aliphatic rings. The van der Waals surface area contributed by atoms with Crippen LogP contribution in [-0.2, 0) is 0 Å². The Labute approximate surface area is 109 Å². The molecule has 0 amide bonds. The first-order chi connectivity index (χ1) is 8.95. The maximum Gasteiger partial charge on any atom is 0.130 e. The predicted octanol–water partition coefficient (Wildman–Crippen LogP) is 2.42. The summed E-state index contributed by atoms with van der Waals surface area (Å²) in [5, 5.41) is 3.44. The average Bonchev–Trinajstić information content (AvgIpc) is 2.49. The van der Waals surface area contributed by atoms with Crippen LogP contribution in [-0.4, -0.2) is 32.0 Å². The van der Waals surface area contributed by atoms with E-state index in [-0.39, 0.29) is 0 Å². The van der Waals surface area contributed by atoms with Crippen LogP contribution in [0, 0.1) is 0 Å². The van der Waals surface area contributed by atoms with Crippen molar-refractivity contribution >= 4 is 11.5 Å². The van der Waals surface area contributed by atoms with Crippen LogP contribution in [0.3, 0.4) is 0 Å². The van der Waals surface area contributed by atoms with Crippen LogP contribution in [0.1, 0.15) is 31.2 Å². The molecule has 0 spiro atoms. The van der Waals surface area contributed by atoms with Gasteiger partial charge in [0, 0.05) is 37.4 Å². The van der Waals surface area contributed by atoms with Gasteiger partial charge in [-0.25, -0.2) is 0 Å². The van der Waals surface area contributed by atoms with Gasteiger partial charge in [-0.05, 0) is 37.8 Å². The quantitative estimate of drug-likeness (QED) is 0.864. The van der Waals surface area contributed by atoms with E-state index < -0.39 is 0 Å². The van der Waals surface area contributed by atoms with E-state index in [0.29, 0.717) is 0 Å². The third kappa shape index (κ3) is 2.35. The van der Waals surface area contributed by atoms with Gasteiger partial charge in [0.1, 0.15) is 5.84 Å². The summed E-state index contributed by atoms with van der Waals surface area (Å²) in [6.07, 6.45) is 5.15.